The summed E-state index contributed by atoms with van der Waals surface area (Å²) in [5.41, 5.74) is 3.63. The van der Waals surface area contributed by atoms with Gasteiger partial charge in [-0.3, -0.25) is 14.3 Å². The molecular weight excluding hydrogens is 336 g/mol. The van der Waals surface area contributed by atoms with Crippen molar-refractivity contribution in [3.63, 3.8) is 0 Å². The van der Waals surface area contributed by atoms with Crippen molar-refractivity contribution in [1.82, 2.24) is 14.5 Å². The molecule has 0 spiro atoms. The topological polar surface area (TPSA) is 71.6 Å². The summed E-state index contributed by atoms with van der Waals surface area (Å²) in [6, 6.07) is 11.6. The van der Waals surface area contributed by atoms with Crippen molar-refractivity contribution in [2.24, 2.45) is 5.41 Å². The third kappa shape index (κ3) is 3.48. The summed E-state index contributed by atoms with van der Waals surface area (Å²) in [6.45, 7) is 5.13. The molecule has 3 heterocycles. The van der Waals surface area contributed by atoms with Crippen molar-refractivity contribution in [3.8, 4) is 6.07 Å². The molecule has 3 aromatic rings. The Hall–Kier alpha value is -3.00. The lowest BCUT2D eigenvalue weighted by Crippen LogP contribution is -2.36. The molecule has 1 aromatic carbocycles. The van der Waals surface area contributed by atoms with E-state index in [-0.39, 0.29) is 11.0 Å². The van der Waals surface area contributed by atoms with E-state index in [1.807, 2.05) is 28.8 Å². The molecule has 0 N–H and O–H groups in total. The second-order valence-electron chi connectivity index (χ2n) is 8.08. The molecule has 0 aliphatic carbocycles. The molecule has 0 amide bonds. The van der Waals surface area contributed by atoms with Crippen LogP contribution in [-0.2, 0) is 25.8 Å². The fourth-order valence-electron chi connectivity index (χ4n) is 3.74. The molecule has 1 aliphatic heterocycles. The van der Waals surface area contributed by atoms with Crippen molar-refractivity contribution >= 4 is 10.9 Å². The molecule has 0 bridgehead atoms. The Morgan fingerprint density at radius 3 is 2.89 bits per heavy atom. The van der Waals surface area contributed by atoms with Crippen LogP contribution >= 0.6 is 0 Å². The van der Waals surface area contributed by atoms with Crippen LogP contribution in [0.5, 0.6) is 0 Å². The van der Waals surface area contributed by atoms with Crippen LogP contribution < -0.4 is 5.56 Å². The number of benzene rings is 1. The van der Waals surface area contributed by atoms with Crippen molar-refractivity contribution in [2.75, 3.05) is 0 Å². The monoisotopic (exact) mass is 358 g/mol. The number of rotatable bonds is 3. The minimum absolute atomic E-state index is 0.0673. The van der Waals surface area contributed by atoms with Gasteiger partial charge in [-0.1, -0.05) is 19.9 Å². The molecule has 4 rings (SSSR count). The average Bonchev–Trinajstić information content (AvgIpc) is 2.67. The fourth-order valence-corrected chi connectivity index (χ4v) is 3.74. The number of fused-ring (bicyclic) bond motifs is 2. The summed E-state index contributed by atoms with van der Waals surface area (Å²) >= 11 is 0. The highest BCUT2D eigenvalue weighted by Crippen LogP contribution is 2.29. The Balaban J connectivity index is 1.63. The molecule has 5 heteroatoms. The van der Waals surface area contributed by atoms with E-state index in [4.69, 9.17) is 10.2 Å². The number of pyridine rings is 1. The molecule has 5 nitrogen and oxygen atoms in total. The Kier molecular flexibility index (Phi) is 4.27. The predicted molar refractivity (Wildman–Crippen MR) is 104 cm³/mol. The van der Waals surface area contributed by atoms with E-state index in [9.17, 15) is 4.79 Å². The van der Waals surface area contributed by atoms with Crippen molar-refractivity contribution in [1.29, 1.82) is 5.26 Å². The summed E-state index contributed by atoms with van der Waals surface area (Å²) in [4.78, 5) is 22.0. The van der Waals surface area contributed by atoms with Crippen molar-refractivity contribution in [3.05, 3.63) is 69.5 Å². The second kappa shape index (κ2) is 6.62. The summed E-state index contributed by atoms with van der Waals surface area (Å²) in [5.74, 6) is 0.896. The molecule has 0 atom stereocenters. The van der Waals surface area contributed by atoms with Gasteiger partial charge in [-0.25, -0.2) is 4.98 Å². The summed E-state index contributed by atoms with van der Waals surface area (Å²) in [7, 11) is 0. The molecule has 0 fully saturated rings. The van der Waals surface area contributed by atoms with Gasteiger partial charge in [-0.15, -0.1) is 0 Å². The molecule has 1 aliphatic rings. The number of aryl methyl sites for hydroxylation is 3. The standard InChI is InChI=1S/C22H22N4O/c1-22(2)9-7-20-25-19-12-15(4-6-18(19)21(27)26(20)14-22)3-5-17-11-16(13-23)8-10-24-17/h4,6,8,10-12H,3,5,7,9,14H2,1-2H3. The number of hydrogen-bond donors (Lipinski definition) is 0. The van der Waals surface area contributed by atoms with Crippen LogP contribution in [0.15, 0.2) is 41.3 Å². The Labute approximate surface area is 158 Å². The van der Waals surface area contributed by atoms with Gasteiger partial charge in [0.15, 0.2) is 0 Å². The zero-order valence-electron chi connectivity index (χ0n) is 15.7. The van der Waals surface area contributed by atoms with E-state index >= 15 is 0 Å². The van der Waals surface area contributed by atoms with Gasteiger partial charge in [0.25, 0.3) is 5.56 Å². The van der Waals surface area contributed by atoms with Crippen molar-refractivity contribution < 1.29 is 0 Å². The highest BCUT2D eigenvalue weighted by Gasteiger charge is 2.27. The average molecular weight is 358 g/mol. The second-order valence-corrected chi connectivity index (χ2v) is 8.08. The van der Waals surface area contributed by atoms with Gasteiger partial charge < -0.3 is 0 Å². The normalized spacial score (nSPS) is 15.3. The molecule has 0 saturated heterocycles. The van der Waals surface area contributed by atoms with Crippen LogP contribution in [0.4, 0.5) is 0 Å². The van der Waals surface area contributed by atoms with Crippen LogP contribution in [0.2, 0.25) is 0 Å². The lowest BCUT2D eigenvalue weighted by molar-refractivity contribution is 0.240. The number of nitriles is 1. The maximum absolute atomic E-state index is 12.9. The molecule has 27 heavy (non-hydrogen) atoms. The summed E-state index contributed by atoms with van der Waals surface area (Å²) < 4.78 is 1.85. The van der Waals surface area contributed by atoms with Crippen LogP contribution in [0, 0.1) is 16.7 Å². The predicted octanol–water partition coefficient (Wildman–Crippen LogP) is 3.42. The van der Waals surface area contributed by atoms with E-state index in [0.29, 0.717) is 10.9 Å². The minimum atomic E-state index is 0.0673. The number of aromatic nitrogens is 3. The lowest BCUT2D eigenvalue weighted by atomic mass is 9.85. The minimum Gasteiger partial charge on any atom is -0.296 e. The van der Waals surface area contributed by atoms with Crippen LogP contribution in [0.3, 0.4) is 0 Å². The van der Waals surface area contributed by atoms with Gasteiger partial charge in [-0.05, 0) is 54.5 Å². The molecule has 136 valence electrons. The van der Waals surface area contributed by atoms with Gasteiger partial charge in [0.05, 0.1) is 22.5 Å². The number of hydrogen-bond acceptors (Lipinski definition) is 4. The Morgan fingerprint density at radius 2 is 2.07 bits per heavy atom. The fraction of sp³-hybridized carbons (Fsp3) is 0.364. The Morgan fingerprint density at radius 1 is 1.22 bits per heavy atom. The van der Waals surface area contributed by atoms with E-state index < -0.39 is 0 Å². The first kappa shape index (κ1) is 17.4. The molecule has 2 aromatic heterocycles. The largest absolute Gasteiger partial charge is 0.296 e. The maximum atomic E-state index is 12.9. The molecule has 0 radical (unpaired) electrons. The quantitative estimate of drug-likeness (QED) is 0.719. The van der Waals surface area contributed by atoms with Gasteiger partial charge >= 0.3 is 0 Å². The molecular formula is C22H22N4O. The smallest absolute Gasteiger partial charge is 0.261 e. The first-order valence-corrected chi connectivity index (χ1v) is 9.33. The third-order valence-corrected chi connectivity index (χ3v) is 5.33. The highest BCUT2D eigenvalue weighted by atomic mass is 16.1. The van der Waals surface area contributed by atoms with Gasteiger partial charge in [0, 0.05) is 24.9 Å². The van der Waals surface area contributed by atoms with Crippen LogP contribution in [0.1, 0.15) is 42.9 Å². The molecule has 0 saturated carbocycles. The highest BCUT2D eigenvalue weighted by molar-refractivity contribution is 5.78. The molecule has 0 unspecified atom stereocenters. The van der Waals surface area contributed by atoms with E-state index in [1.165, 1.54) is 0 Å². The summed E-state index contributed by atoms with van der Waals surface area (Å²) in [5, 5.41) is 9.69. The Bertz CT molecular complexity index is 1120. The lowest BCUT2D eigenvalue weighted by Gasteiger charge is -2.31. The zero-order valence-corrected chi connectivity index (χ0v) is 15.7. The van der Waals surface area contributed by atoms with E-state index in [0.717, 1.165) is 54.8 Å². The summed E-state index contributed by atoms with van der Waals surface area (Å²) in [6.07, 6.45) is 5.10. The van der Waals surface area contributed by atoms with Crippen LogP contribution in [-0.4, -0.2) is 14.5 Å². The first-order valence-electron chi connectivity index (χ1n) is 9.33. The third-order valence-electron chi connectivity index (χ3n) is 5.33. The van der Waals surface area contributed by atoms with Gasteiger partial charge in [0.2, 0.25) is 0 Å². The first-order chi connectivity index (χ1) is 12.9. The van der Waals surface area contributed by atoms with Crippen molar-refractivity contribution in [2.45, 2.75) is 46.1 Å². The maximum Gasteiger partial charge on any atom is 0.261 e. The number of nitrogens with zero attached hydrogens (tertiary/aromatic N) is 4. The van der Waals surface area contributed by atoms with Gasteiger partial charge in [-0.2, -0.15) is 5.26 Å². The van der Waals surface area contributed by atoms with E-state index in [1.54, 1.807) is 12.3 Å². The van der Waals surface area contributed by atoms with E-state index in [2.05, 4.69) is 24.9 Å². The van der Waals surface area contributed by atoms with Gasteiger partial charge in [0.1, 0.15) is 5.82 Å². The zero-order chi connectivity index (χ0) is 19.0. The SMILES string of the molecule is CC1(C)CCc2nc3cc(CCc4cc(C#N)ccn4)ccc3c(=O)n2C1. The van der Waals surface area contributed by atoms with Crippen LogP contribution in [0.25, 0.3) is 10.9 Å².